The van der Waals surface area contributed by atoms with Crippen molar-refractivity contribution in [2.75, 3.05) is 24.2 Å². The third-order valence-corrected chi connectivity index (χ3v) is 6.29. The molecule has 0 heterocycles. The Balaban J connectivity index is 1.69. The molecule has 1 aliphatic rings. The van der Waals surface area contributed by atoms with Crippen LogP contribution in [0.4, 0.5) is 5.69 Å². The van der Waals surface area contributed by atoms with Crippen molar-refractivity contribution in [3.8, 4) is 5.75 Å². The number of hydrogen-bond donors (Lipinski definition) is 1. The van der Waals surface area contributed by atoms with Crippen molar-refractivity contribution in [3.05, 3.63) is 71.3 Å². The van der Waals surface area contributed by atoms with Gasteiger partial charge < -0.3 is 10.1 Å². The monoisotopic (exact) mass is 428 g/mol. The molecule has 0 fully saturated rings. The number of carbonyl (C=O) groups excluding carboxylic acids is 1. The molecule has 0 aromatic heterocycles. The number of methoxy groups -OCH3 is 1. The maximum Gasteiger partial charge on any atom is 0.251 e. The molecule has 1 N–H and O–H groups in total. The van der Waals surface area contributed by atoms with Crippen LogP contribution in [0, 0.1) is 0 Å². The molecule has 7 heteroatoms. The van der Waals surface area contributed by atoms with Gasteiger partial charge in [-0.2, -0.15) is 0 Å². The second kappa shape index (κ2) is 9.80. The summed E-state index contributed by atoms with van der Waals surface area (Å²) in [4.78, 5) is 12.4. The zero-order chi connectivity index (χ0) is 21.6. The summed E-state index contributed by atoms with van der Waals surface area (Å²) in [5, 5.41) is 2.96. The summed E-state index contributed by atoms with van der Waals surface area (Å²) in [6, 6.07) is 14.0. The number of sulfonamides is 1. The maximum absolute atomic E-state index is 12.4. The molecule has 3 rings (SSSR count). The quantitative estimate of drug-likeness (QED) is 0.647. The van der Waals surface area contributed by atoms with E-state index in [-0.39, 0.29) is 12.5 Å². The van der Waals surface area contributed by atoms with Gasteiger partial charge in [-0.1, -0.05) is 29.8 Å². The van der Waals surface area contributed by atoms with Crippen LogP contribution < -0.4 is 14.4 Å². The number of allylic oxidation sites excluding steroid dienone is 1. The maximum atomic E-state index is 12.4. The van der Waals surface area contributed by atoms with Crippen LogP contribution in [-0.4, -0.2) is 34.2 Å². The lowest BCUT2D eigenvalue weighted by atomic mass is 9.99. The summed E-state index contributed by atoms with van der Waals surface area (Å²) in [6.07, 6.45) is 7.92. The topological polar surface area (TPSA) is 75.7 Å². The summed E-state index contributed by atoms with van der Waals surface area (Å²) in [5.41, 5.74) is 3.16. The van der Waals surface area contributed by atoms with Gasteiger partial charge in [0.15, 0.2) is 0 Å². The second-order valence-corrected chi connectivity index (χ2v) is 9.37. The van der Waals surface area contributed by atoms with Crippen molar-refractivity contribution in [1.29, 1.82) is 0 Å². The normalized spacial score (nSPS) is 14.0. The molecule has 1 aliphatic carbocycles. The molecule has 2 aromatic rings. The highest BCUT2D eigenvalue weighted by Crippen LogP contribution is 2.25. The van der Waals surface area contributed by atoms with Crippen LogP contribution in [-0.2, 0) is 16.6 Å². The van der Waals surface area contributed by atoms with Crippen molar-refractivity contribution >= 4 is 21.6 Å². The van der Waals surface area contributed by atoms with E-state index >= 15 is 0 Å². The van der Waals surface area contributed by atoms with Gasteiger partial charge in [-0.05, 0) is 55.5 Å². The number of amides is 1. The predicted octanol–water partition coefficient (Wildman–Crippen LogP) is 3.89. The summed E-state index contributed by atoms with van der Waals surface area (Å²) in [6.45, 7) is 0.749. The van der Waals surface area contributed by atoms with Gasteiger partial charge in [0.05, 0.1) is 25.6 Å². The first-order chi connectivity index (χ1) is 14.4. The first-order valence-corrected chi connectivity index (χ1v) is 11.9. The third kappa shape index (κ3) is 5.86. The lowest BCUT2D eigenvalue weighted by Gasteiger charge is -2.23. The number of carbonyl (C=O) groups is 1. The summed E-state index contributed by atoms with van der Waals surface area (Å²) >= 11 is 0. The van der Waals surface area contributed by atoms with Gasteiger partial charge in [0.1, 0.15) is 5.75 Å². The first kappa shape index (κ1) is 21.9. The molecular weight excluding hydrogens is 400 g/mol. The highest BCUT2D eigenvalue weighted by atomic mass is 32.2. The highest BCUT2D eigenvalue weighted by Gasteiger charge is 2.19. The average molecular weight is 429 g/mol. The Morgan fingerprint density at radius 1 is 1.13 bits per heavy atom. The number of nitrogens with zero attached hydrogens (tertiary/aromatic N) is 1. The second-order valence-electron chi connectivity index (χ2n) is 7.46. The van der Waals surface area contributed by atoms with Gasteiger partial charge in [0.25, 0.3) is 5.91 Å². The molecule has 30 heavy (non-hydrogen) atoms. The molecule has 1 amide bonds. The number of anilines is 1. The lowest BCUT2D eigenvalue weighted by Crippen LogP contribution is -2.29. The van der Waals surface area contributed by atoms with E-state index in [4.69, 9.17) is 4.74 Å². The minimum Gasteiger partial charge on any atom is -0.497 e. The Morgan fingerprint density at radius 2 is 1.90 bits per heavy atom. The molecule has 0 saturated carbocycles. The zero-order valence-electron chi connectivity index (χ0n) is 17.4. The lowest BCUT2D eigenvalue weighted by molar-refractivity contribution is 0.0956. The van der Waals surface area contributed by atoms with E-state index in [1.165, 1.54) is 29.0 Å². The largest absolute Gasteiger partial charge is 0.497 e. The smallest absolute Gasteiger partial charge is 0.251 e. The van der Waals surface area contributed by atoms with Crippen LogP contribution >= 0.6 is 0 Å². The van der Waals surface area contributed by atoms with E-state index in [1.54, 1.807) is 55.6 Å². The highest BCUT2D eigenvalue weighted by molar-refractivity contribution is 7.92. The van der Waals surface area contributed by atoms with Crippen LogP contribution in [0.3, 0.4) is 0 Å². The summed E-state index contributed by atoms with van der Waals surface area (Å²) in [7, 11) is -1.96. The Kier molecular flexibility index (Phi) is 7.15. The van der Waals surface area contributed by atoms with E-state index in [0.717, 1.165) is 18.4 Å². The summed E-state index contributed by atoms with van der Waals surface area (Å²) < 4.78 is 31.3. The van der Waals surface area contributed by atoms with Crippen LogP contribution in [0.2, 0.25) is 0 Å². The SMILES string of the molecule is COc1cccc(N(Cc2ccc(C(=O)NCC3=CCCCC3)cc2)S(C)(=O)=O)c1. The fourth-order valence-corrected chi connectivity index (χ4v) is 4.33. The van der Waals surface area contributed by atoms with E-state index in [2.05, 4.69) is 11.4 Å². The van der Waals surface area contributed by atoms with Crippen molar-refractivity contribution < 1.29 is 17.9 Å². The molecule has 0 saturated heterocycles. The van der Waals surface area contributed by atoms with Crippen LogP contribution in [0.25, 0.3) is 0 Å². The van der Waals surface area contributed by atoms with Gasteiger partial charge in [0, 0.05) is 18.2 Å². The van der Waals surface area contributed by atoms with E-state index in [0.29, 0.717) is 23.5 Å². The molecule has 6 nitrogen and oxygen atoms in total. The molecule has 0 spiro atoms. The molecule has 160 valence electrons. The van der Waals surface area contributed by atoms with Gasteiger partial charge in [-0.15, -0.1) is 0 Å². The molecule has 2 aromatic carbocycles. The van der Waals surface area contributed by atoms with Crippen molar-refractivity contribution in [2.45, 2.75) is 32.2 Å². The van der Waals surface area contributed by atoms with E-state index in [1.807, 2.05) is 0 Å². The predicted molar refractivity (Wildman–Crippen MR) is 119 cm³/mol. The standard InChI is InChI=1S/C23H28N2O4S/c1-29-22-10-6-9-21(15-22)25(30(2,27)28)17-19-11-13-20(14-12-19)23(26)24-16-18-7-4-3-5-8-18/h6-7,9-15H,3-5,8,16-17H2,1-2H3,(H,24,26). The van der Waals surface area contributed by atoms with Crippen LogP contribution in [0.5, 0.6) is 5.75 Å². The Labute approximate surface area is 178 Å². The minimum absolute atomic E-state index is 0.124. The number of nitrogens with one attached hydrogen (secondary N) is 1. The van der Waals surface area contributed by atoms with Gasteiger partial charge in [-0.25, -0.2) is 8.42 Å². The van der Waals surface area contributed by atoms with Gasteiger partial charge in [0.2, 0.25) is 10.0 Å². The van der Waals surface area contributed by atoms with E-state index < -0.39 is 10.0 Å². The Bertz CT molecular complexity index is 1010. The van der Waals surface area contributed by atoms with Crippen LogP contribution in [0.15, 0.2) is 60.2 Å². The Morgan fingerprint density at radius 3 is 2.53 bits per heavy atom. The van der Waals surface area contributed by atoms with Crippen molar-refractivity contribution in [3.63, 3.8) is 0 Å². The van der Waals surface area contributed by atoms with Crippen molar-refractivity contribution in [2.24, 2.45) is 0 Å². The molecular formula is C23H28N2O4S. The fraction of sp³-hybridized carbons (Fsp3) is 0.348. The molecule has 0 unspecified atom stereocenters. The number of rotatable bonds is 8. The third-order valence-electron chi connectivity index (χ3n) is 5.14. The Hall–Kier alpha value is -2.80. The van der Waals surface area contributed by atoms with Gasteiger partial charge >= 0.3 is 0 Å². The average Bonchev–Trinajstić information content (AvgIpc) is 2.76. The zero-order valence-corrected chi connectivity index (χ0v) is 18.2. The van der Waals surface area contributed by atoms with E-state index in [9.17, 15) is 13.2 Å². The molecule has 0 atom stereocenters. The van der Waals surface area contributed by atoms with Gasteiger partial charge in [-0.3, -0.25) is 9.10 Å². The fourth-order valence-electron chi connectivity index (χ4n) is 3.45. The summed E-state index contributed by atoms with van der Waals surface area (Å²) in [5.74, 6) is 0.460. The minimum atomic E-state index is -3.50. The number of hydrogen-bond acceptors (Lipinski definition) is 4. The first-order valence-electron chi connectivity index (χ1n) is 10.0. The number of ether oxygens (including phenoxy) is 1. The number of benzene rings is 2. The molecule has 0 aliphatic heterocycles. The molecule has 0 bridgehead atoms. The van der Waals surface area contributed by atoms with Crippen LogP contribution in [0.1, 0.15) is 41.6 Å². The molecule has 0 radical (unpaired) electrons. The van der Waals surface area contributed by atoms with Crippen molar-refractivity contribution in [1.82, 2.24) is 5.32 Å².